The standard InChI is InChI=1S/C18H24N2O3/c1-23-11-10-20-15-8-4-2-6-13(15)12-16(20)18(22)19-14-7-3-5-9-17(14)21/h2,4,6,8,12,14,17,21H,3,5,7,9-11H2,1H3,(H,19,22). The zero-order valence-electron chi connectivity index (χ0n) is 13.5. The summed E-state index contributed by atoms with van der Waals surface area (Å²) in [6, 6.07) is 9.72. The van der Waals surface area contributed by atoms with Crippen molar-refractivity contribution in [1.82, 2.24) is 9.88 Å². The highest BCUT2D eigenvalue weighted by atomic mass is 16.5. The highest BCUT2D eigenvalue weighted by Gasteiger charge is 2.26. The van der Waals surface area contributed by atoms with Crippen molar-refractivity contribution >= 4 is 16.8 Å². The van der Waals surface area contributed by atoms with E-state index >= 15 is 0 Å². The highest BCUT2D eigenvalue weighted by molar-refractivity contribution is 5.99. The normalized spacial score (nSPS) is 21.5. The molecule has 1 aromatic heterocycles. The van der Waals surface area contributed by atoms with E-state index in [9.17, 15) is 9.90 Å². The number of nitrogens with zero attached hydrogens (tertiary/aromatic N) is 1. The molecule has 1 heterocycles. The monoisotopic (exact) mass is 316 g/mol. The van der Waals surface area contributed by atoms with Crippen molar-refractivity contribution < 1.29 is 14.6 Å². The maximum atomic E-state index is 12.7. The Morgan fingerprint density at radius 3 is 2.91 bits per heavy atom. The number of aliphatic hydroxyl groups is 1. The number of para-hydroxylation sites is 1. The fourth-order valence-corrected chi connectivity index (χ4v) is 3.34. The summed E-state index contributed by atoms with van der Waals surface area (Å²) in [5.41, 5.74) is 1.65. The molecule has 1 aliphatic rings. The van der Waals surface area contributed by atoms with Crippen LogP contribution in [0.1, 0.15) is 36.2 Å². The minimum absolute atomic E-state index is 0.122. The van der Waals surface area contributed by atoms with E-state index in [1.54, 1.807) is 7.11 Å². The second kappa shape index (κ2) is 7.15. The molecule has 0 spiro atoms. The van der Waals surface area contributed by atoms with Crippen LogP contribution >= 0.6 is 0 Å². The minimum atomic E-state index is -0.440. The van der Waals surface area contributed by atoms with Crippen molar-refractivity contribution in [3.8, 4) is 0 Å². The zero-order chi connectivity index (χ0) is 16.2. The first-order valence-electron chi connectivity index (χ1n) is 8.27. The van der Waals surface area contributed by atoms with Crippen LogP contribution in [0.2, 0.25) is 0 Å². The van der Waals surface area contributed by atoms with Gasteiger partial charge < -0.3 is 19.7 Å². The number of nitrogens with one attached hydrogen (secondary N) is 1. The third-order valence-electron chi connectivity index (χ3n) is 4.61. The van der Waals surface area contributed by atoms with Gasteiger partial charge in [0.1, 0.15) is 5.69 Å². The number of carbonyl (C=O) groups excluding carboxylic acids is 1. The molecule has 3 rings (SSSR count). The third kappa shape index (κ3) is 3.41. The molecule has 5 heteroatoms. The quantitative estimate of drug-likeness (QED) is 0.890. The minimum Gasteiger partial charge on any atom is -0.391 e. The van der Waals surface area contributed by atoms with E-state index in [-0.39, 0.29) is 11.9 Å². The van der Waals surface area contributed by atoms with Gasteiger partial charge in [-0.25, -0.2) is 0 Å². The second-order valence-electron chi connectivity index (χ2n) is 6.16. The molecule has 1 aliphatic carbocycles. The molecule has 2 aromatic rings. The van der Waals surface area contributed by atoms with Gasteiger partial charge in [0.05, 0.1) is 18.8 Å². The summed E-state index contributed by atoms with van der Waals surface area (Å²) < 4.78 is 7.16. The molecule has 1 amide bonds. The smallest absolute Gasteiger partial charge is 0.268 e. The first kappa shape index (κ1) is 16.0. The van der Waals surface area contributed by atoms with Crippen LogP contribution in [0.25, 0.3) is 10.9 Å². The molecule has 1 aromatic carbocycles. The summed E-state index contributed by atoms with van der Waals surface area (Å²) in [5, 5.41) is 14.1. The molecular weight excluding hydrogens is 292 g/mol. The van der Waals surface area contributed by atoms with Gasteiger partial charge in [-0.05, 0) is 25.0 Å². The molecule has 5 nitrogen and oxygen atoms in total. The van der Waals surface area contributed by atoms with Crippen LogP contribution in [-0.2, 0) is 11.3 Å². The summed E-state index contributed by atoms with van der Waals surface area (Å²) in [5.74, 6) is -0.122. The van der Waals surface area contributed by atoms with Crippen molar-refractivity contribution in [1.29, 1.82) is 0 Å². The molecule has 0 bridgehead atoms. The highest BCUT2D eigenvalue weighted by Crippen LogP contribution is 2.22. The van der Waals surface area contributed by atoms with Crippen LogP contribution < -0.4 is 5.32 Å². The molecule has 0 aliphatic heterocycles. The number of benzene rings is 1. The fraction of sp³-hybridized carbons (Fsp3) is 0.500. The zero-order valence-corrected chi connectivity index (χ0v) is 13.5. The van der Waals surface area contributed by atoms with E-state index in [0.29, 0.717) is 18.8 Å². The van der Waals surface area contributed by atoms with E-state index in [0.717, 1.165) is 36.6 Å². The lowest BCUT2D eigenvalue weighted by Crippen LogP contribution is -2.45. The molecule has 2 N–H and O–H groups in total. The number of methoxy groups -OCH3 is 1. The van der Waals surface area contributed by atoms with Crippen LogP contribution in [0, 0.1) is 0 Å². The van der Waals surface area contributed by atoms with Gasteiger partial charge in [0.2, 0.25) is 0 Å². The van der Waals surface area contributed by atoms with Crippen LogP contribution in [0.4, 0.5) is 0 Å². The summed E-state index contributed by atoms with van der Waals surface area (Å²) in [6.45, 7) is 1.17. The van der Waals surface area contributed by atoms with Gasteiger partial charge in [-0.1, -0.05) is 31.0 Å². The van der Waals surface area contributed by atoms with Gasteiger partial charge in [0.25, 0.3) is 5.91 Å². The predicted molar refractivity (Wildman–Crippen MR) is 89.5 cm³/mol. The molecular formula is C18H24N2O3. The second-order valence-corrected chi connectivity index (χ2v) is 6.16. The van der Waals surface area contributed by atoms with Crippen molar-refractivity contribution in [2.24, 2.45) is 0 Å². The molecule has 1 fully saturated rings. The maximum Gasteiger partial charge on any atom is 0.268 e. The summed E-state index contributed by atoms with van der Waals surface area (Å²) in [6.07, 6.45) is 3.24. The molecule has 1 saturated carbocycles. The van der Waals surface area contributed by atoms with Crippen molar-refractivity contribution in [3.63, 3.8) is 0 Å². The first-order valence-corrected chi connectivity index (χ1v) is 8.27. The van der Waals surface area contributed by atoms with Gasteiger partial charge in [-0.15, -0.1) is 0 Å². The largest absolute Gasteiger partial charge is 0.391 e. The first-order chi connectivity index (χ1) is 11.2. The Morgan fingerprint density at radius 1 is 1.35 bits per heavy atom. The van der Waals surface area contributed by atoms with E-state index in [4.69, 9.17) is 4.74 Å². The number of carbonyl (C=O) groups is 1. The Balaban J connectivity index is 1.86. The van der Waals surface area contributed by atoms with Crippen LogP contribution in [0.5, 0.6) is 0 Å². The molecule has 124 valence electrons. The number of ether oxygens (including phenoxy) is 1. The summed E-state index contributed by atoms with van der Waals surface area (Å²) in [7, 11) is 1.66. The van der Waals surface area contributed by atoms with E-state index < -0.39 is 6.10 Å². The van der Waals surface area contributed by atoms with Gasteiger partial charge in [0.15, 0.2) is 0 Å². The lowest BCUT2D eigenvalue weighted by molar-refractivity contribution is 0.0709. The Kier molecular flexibility index (Phi) is 4.98. The predicted octanol–water partition coefficient (Wildman–Crippen LogP) is 2.32. The van der Waals surface area contributed by atoms with Crippen LogP contribution in [0.15, 0.2) is 30.3 Å². The van der Waals surface area contributed by atoms with Gasteiger partial charge in [-0.2, -0.15) is 0 Å². The topological polar surface area (TPSA) is 63.5 Å². The lowest BCUT2D eigenvalue weighted by atomic mass is 9.92. The number of fused-ring (bicyclic) bond motifs is 1. The Labute approximate surface area is 136 Å². The maximum absolute atomic E-state index is 12.7. The average Bonchev–Trinajstić information content (AvgIpc) is 2.94. The molecule has 2 atom stereocenters. The molecule has 2 unspecified atom stereocenters. The van der Waals surface area contributed by atoms with E-state index in [1.165, 1.54) is 0 Å². The Hall–Kier alpha value is -1.85. The fourth-order valence-electron chi connectivity index (χ4n) is 3.34. The van der Waals surface area contributed by atoms with Crippen LogP contribution in [-0.4, -0.2) is 41.4 Å². The van der Waals surface area contributed by atoms with Crippen LogP contribution in [0.3, 0.4) is 0 Å². The number of hydrogen-bond acceptors (Lipinski definition) is 3. The van der Waals surface area contributed by atoms with Gasteiger partial charge in [0, 0.05) is 24.6 Å². The number of aliphatic hydroxyl groups excluding tert-OH is 1. The van der Waals surface area contributed by atoms with Gasteiger partial charge in [-0.3, -0.25) is 4.79 Å². The number of aromatic nitrogens is 1. The molecule has 0 saturated heterocycles. The lowest BCUT2D eigenvalue weighted by Gasteiger charge is -2.28. The van der Waals surface area contributed by atoms with E-state index in [1.807, 2.05) is 34.9 Å². The van der Waals surface area contributed by atoms with Crippen molar-refractivity contribution in [2.75, 3.05) is 13.7 Å². The van der Waals surface area contributed by atoms with Crippen molar-refractivity contribution in [3.05, 3.63) is 36.0 Å². The Bertz CT molecular complexity index is 680. The summed E-state index contributed by atoms with van der Waals surface area (Å²) >= 11 is 0. The average molecular weight is 316 g/mol. The molecule has 23 heavy (non-hydrogen) atoms. The molecule has 0 radical (unpaired) electrons. The number of amides is 1. The SMILES string of the molecule is COCCn1c(C(=O)NC2CCCCC2O)cc2ccccc21. The summed E-state index contributed by atoms with van der Waals surface area (Å²) in [4.78, 5) is 12.7. The van der Waals surface area contributed by atoms with Crippen molar-refractivity contribution in [2.45, 2.75) is 44.4 Å². The number of rotatable bonds is 5. The van der Waals surface area contributed by atoms with Gasteiger partial charge >= 0.3 is 0 Å². The Morgan fingerprint density at radius 2 is 2.13 bits per heavy atom. The number of hydrogen-bond donors (Lipinski definition) is 2. The third-order valence-corrected chi connectivity index (χ3v) is 4.61. The van der Waals surface area contributed by atoms with E-state index in [2.05, 4.69) is 5.32 Å².